The third-order valence-corrected chi connectivity index (χ3v) is 3.14. The van der Waals surface area contributed by atoms with Gasteiger partial charge in [-0.05, 0) is 42.9 Å². The first-order chi connectivity index (χ1) is 7.00. The zero-order valence-corrected chi connectivity index (χ0v) is 8.56. The Balaban J connectivity index is 2.48. The van der Waals surface area contributed by atoms with Crippen molar-refractivity contribution in [3.63, 3.8) is 0 Å². The van der Waals surface area contributed by atoms with Crippen LogP contribution in [-0.2, 0) is 6.42 Å². The Morgan fingerprint density at radius 2 is 2.00 bits per heavy atom. The van der Waals surface area contributed by atoms with Crippen LogP contribution in [-0.4, -0.2) is 6.18 Å². The molecular weight excluding hydrogens is 201 g/mol. The molecule has 0 aromatic heterocycles. The van der Waals surface area contributed by atoms with E-state index in [1.165, 1.54) is 0 Å². The summed E-state index contributed by atoms with van der Waals surface area (Å²) in [5, 5.41) is 0. The molecule has 82 valence electrons. The minimum Gasteiger partial charge on any atom is -0.170 e. The quantitative estimate of drug-likeness (QED) is 0.612. The van der Waals surface area contributed by atoms with Crippen LogP contribution in [0.15, 0.2) is 18.2 Å². The largest absolute Gasteiger partial charge is 0.395 e. The van der Waals surface area contributed by atoms with Gasteiger partial charge in [0, 0.05) is 0 Å². The summed E-state index contributed by atoms with van der Waals surface area (Å²) in [4.78, 5) is 0. The van der Waals surface area contributed by atoms with Crippen LogP contribution in [0.25, 0.3) is 0 Å². The Morgan fingerprint density at radius 3 is 2.67 bits per heavy atom. The zero-order valence-electron chi connectivity index (χ0n) is 8.56. The average molecular weight is 214 g/mol. The van der Waals surface area contributed by atoms with Crippen LogP contribution in [0, 0.1) is 6.92 Å². The molecule has 3 heteroatoms. The fraction of sp³-hybridized carbons (Fsp3) is 0.500. The van der Waals surface area contributed by atoms with Gasteiger partial charge in [-0.2, -0.15) is 13.2 Å². The molecule has 2 rings (SSSR count). The van der Waals surface area contributed by atoms with Crippen LogP contribution in [0.2, 0.25) is 0 Å². The summed E-state index contributed by atoms with van der Waals surface area (Å²) in [5.74, 6) is -1.25. The predicted octanol–water partition coefficient (Wildman–Crippen LogP) is 3.98. The molecule has 0 aliphatic heterocycles. The second-order valence-corrected chi connectivity index (χ2v) is 4.13. The number of fused-ring (bicyclic) bond motifs is 1. The van der Waals surface area contributed by atoms with E-state index in [1.54, 1.807) is 12.1 Å². The number of rotatable bonds is 0. The smallest absolute Gasteiger partial charge is 0.170 e. The highest BCUT2D eigenvalue weighted by Gasteiger charge is 2.42. The second kappa shape index (κ2) is 3.54. The molecule has 0 saturated carbocycles. The summed E-state index contributed by atoms with van der Waals surface area (Å²) in [5.41, 5.74) is 2.39. The first-order valence-electron chi connectivity index (χ1n) is 5.15. The second-order valence-electron chi connectivity index (χ2n) is 4.13. The summed E-state index contributed by atoms with van der Waals surface area (Å²) in [6.07, 6.45) is -2.43. The van der Waals surface area contributed by atoms with E-state index >= 15 is 0 Å². The highest BCUT2D eigenvalue weighted by molar-refractivity contribution is 5.39. The third kappa shape index (κ3) is 1.87. The molecule has 1 aromatic rings. The molecule has 0 bridgehead atoms. The van der Waals surface area contributed by atoms with E-state index in [2.05, 4.69) is 0 Å². The van der Waals surface area contributed by atoms with Gasteiger partial charge in [0.25, 0.3) is 0 Å². The molecule has 0 nitrogen and oxygen atoms in total. The number of alkyl halides is 3. The van der Waals surface area contributed by atoms with Gasteiger partial charge in [-0.3, -0.25) is 0 Å². The number of benzene rings is 1. The van der Waals surface area contributed by atoms with Crippen LogP contribution < -0.4 is 0 Å². The van der Waals surface area contributed by atoms with Gasteiger partial charge in [0.05, 0.1) is 5.92 Å². The van der Waals surface area contributed by atoms with E-state index in [4.69, 9.17) is 0 Å². The van der Waals surface area contributed by atoms with Crippen LogP contribution in [0.1, 0.15) is 35.4 Å². The lowest BCUT2D eigenvalue weighted by molar-refractivity contribution is -0.153. The summed E-state index contributed by atoms with van der Waals surface area (Å²) < 4.78 is 38.3. The van der Waals surface area contributed by atoms with Gasteiger partial charge >= 0.3 is 6.18 Å². The van der Waals surface area contributed by atoms with Crippen LogP contribution in [0.4, 0.5) is 13.2 Å². The molecule has 1 aliphatic carbocycles. The fourth-order valence-electron chi connectivity index (χ4n) is 2.37. The number of aryl methyl sites for hydroxylation is 1. The number of hydrogen-bond donors (Lipinski definition) is 0. The molecule has 0 fully saturated rings. The topological polar surface area (TPSA) is 0 Å². The fourth-order valence-corrected chi connectivity index (χ4v) is 2.37. The van der Waals surface area contributed by atoms with Crippen molar-refractivity contribution in [2.75, 3.05) is 0 Å². The first-order valence-corrected chi connectivity index (χ1v) is 5.15. The lowest BCUT2D eigenvalue weighted by Crippen LogP contribution is -2.25. The van der Waals surface area contributed by atoms with Crippen LogP contribution in [0.5, 0.6) is 0 Å². The minimum atomic E-state index is -4.09. The van der Waals surface area contributed by atoms with Crippen molar-refractivity contribution >= 4 is 0 Å². The van der Waals surface area contributed by atoms with E-state index in [9.17, 15) is 13.2 Å². The molecule has 1 unspecified atom stereocenters. The molecule has 1 atom stereocenters. The lowest BCUT2D eigenvalue weighted by atomic mass is 9.80. The normalized spacial score (nSPS) is 21.2. The van der Waals surface area contributed by atoms with Crippen molar-refractivity contribution in [3.05, 3.63) is 34.9 Å². The van der Waals surface area contributed by atoms with E-state index < -0.39 is 12.1 Å². The molecule has 0 N–H and O–H groups in total. The molecule has 0 saturated heterocycles. The molecule has 0 spiro atoms. The maximum absolute atomic E-state index is 12.8. The van der Waals surface area contributed by atoms with E-state index in [-0.39, 0.29) is 6.42 Å². The lowest BCUT2D eigenvalue weighted by Gasteiger charge is -2.28. The van der Waals surface area contributed by atoms with Crippen molar-refractivity contribution in [1.82, 2.24) is 0 Å². The maximum atomic E-state index is 12.8. The first kappa shape index (κ1) is 10.5. The minimum absolute atomic E-state index is 0.236. The number of halogens is 3. The average Bonchev–Trinajstić information content (AvgIpc) is 2.16. The summed E-state index contributed by atoms with van der Waals surface area (Å²) in [7, 11) is 0. The Bertz CT molecular complexity index is 366. The number of hydrogen-bond acceptors (Lipinski definition) is 0. The Hall–Kier alpha value is -0.990. The van der Waals surface area contributed by atoms with Crippen LogP contribution in [0.3, 0.4) is 0 Å². The van der Waals surface area contributed by atoms with Crippen LogP contribution >= 0.6 is 0 Å². The van der Waals surface area contributed by atoms with Gasteiger partial charge in [0.15, 0.2) is 0 Å². The molecule has 1 aliphatic rings. The monoisotopic (exact) mass is 214 g/mol. The van der Waals surface area contributed by atoms with Crippen molar-refractivity contribution in [2.24, 2.45) is 0 Å². The Kier molecular flexibility index (Phi) is 2.49. The summed E-state index contributed by atoms with van der Waals surface area (Å²) in [6, 6.07) is 5.23. The van der Waals surface area contributed by atoms with Crippen molar-refractivity contribution in [3.8, 4) is 0 Å². The van der Waals surface area contributed by atoms with E-state index in [0.29, 0.717) is 12.0 Å². The van der Waals surface area contributed by atoms with E-state index in [0.717, 1.165) is 17.5 Å². The summed E-state index contributed by atoms with van der Waals surface area (Å²) in [6.45, 7) is 1.89. The Morgan fingerprint density at radius 1 is 1.27 bits per heavy atom. The van der Waals surface area contributed by atoms with Crippen molar-refractivity contribution < 1.29 is 13.2 Å². The maximum Gasteiger partial charge on any atom is 0.395 e. The standard InChI is InChI=1S/C12H13F3/c1-8-4-2-6-10-9(8)5-3-7-11(10)12(13,14)15/h2,4,6,11H,3,5,7H2,1H3. The van der Waals surface area contributed by atoms with Gasteiger partial charge in [0.2, 0.25) is 0 Å². The summed E-state index contributed by atoms with van der Waals surface area (Å²) >= 11 is 0. The highest BCUT2D eigenvalue weighted by Crippen LogP contribution is 2.43. The van der Waals surface area contributed by atoms with Gasteiger partial charge < -0.3 is 0 Å². The third-order valence-electron chi connectivity index (χ3n) is 3.14. The molecule has 0 heterocycles. The zero-order chi connectivity index (χ0) is 11.1. The van der Waals surface area contributed by atoms with Crippen molar-refractivity contribution in [1.29, 1.82) is 0 Å². The SMILES string of the molecule is Cc1cccc2c1CCCC2C(F)(F)F. The molecular formula is C12H13F3. The molecule has 15 heavy (non-hydrogen) atoms. The predicted molar refractivity (Wildman–Crippen MR) is 52.9 cm³/mol. The highest BCUT2D eigenvalue weighted by atomic mass is 19.4. The van der Waals surface area contributed by atoms with E-state index in [1.807, 2.05) is 13.0 Å². The molecule has 0 radical (unpaired) electrons. The van der Waals surface area contributed by atoms with Gasteiger partial charge in [-0.25, -0.2) is 0 Å². The van der Waals surface area contributed by atoms with Crippen molar-refractivity contribution in [2.45, 2.75) is 38.3 Å². The Labute approximate surface area is 87.1 Å². The van der Waals surface area contributed by atoms with Gasteiger partial charge in [0.1, 0.15) is 0 Å². The van der Waals surface area contributed by atoms with Gasteiger partial charge in [-0.1, -0.05) is 18.2 Å². The molecule has 0 amide bonds. The van der Waals surface area contributed by atoms with Gasteiger partial charge in [-0.15, -0.1) is 0 Å². The molecule has 1 aromatic carbocycles.